The number of allylic oxidation sites excluding steroid dienone is 1. The van der Waals surface area contributed by atoms with Crippen LogP contribution in [0.15, 0.2) is 45.9 Å². The monoisotopic (exact) mass is 498 g/mol. The Morgan fingerprint density at radius 2 is 2.00 bits per heavy atom. The van der Waals surface area contributed by atoms with E-state index in [1.165, 1.54) is 11.3 Å². The average Bonchev–Trinajstić information content (AvgIpc) is 3.55. The number of carbonyl (C=O) groups is 1. The van der Waals surface area contributed by atoms with E-state index in [1.54, 1.807) is 19.1 Å². The van der Waals surface area contributed by atoms with Crippen LogP contribution in [-0.2, 0) is 4.74 Å². The van der Waals surface area contributed by atoms with Crippen LogP contribution < -0.4 is 14.8 Å². The molecule has 1 aromatic carbocycles. The maximum absolute atomic E-state index is 13.2. The van der Waals surface area contributed by atoms with Gasteiger partial charge in [-0.25, -0.2) is 4.79 Å². The highest BCUT2D eigenvalue weighted by molar-refractivity contribution is 7.13. The molecular formula is C25H30N4O5S. The van der Waals surface area contributed by atoms with Gasteiger partial charge in [0.05, 0.1) is 36.8 Å². The van der Waals surface area contributed by atoms with Crippen LogP contribution in [0.5, 0.6) is 11.5 Å². The minimum Gasteiger partial charge on any atom is -0.493 e. The number of nitrogens with one attached hydrogen (secondary N) is 1. The van der Waals surface area contributed by atoms with Gasteiger partial charge in [0, 0.05) is 18.8 Å². The highest BCUT2D eigenvalue weighted by Gasteiger charge is 2.36. The van der Waals surface area contributed by atoms with Crippen molar-refractivity contribution in [3.05, 3.63) is 52.9 Å². The first-order chi connectivity index (χ1) is 16.9. The second-order valence-electron chi connectivity index (χ2n) is 8.32. The molecule has 2 amide bonds. The number of hydrogen-bond acceptors (Lipinski definition) is 8. The van der Waals surface area contributed by atoms with Gasteiger partial charge < -0.3 is 24.1 Å². The van der Waals surface area contributed by atoms with Crippen LogP contribution in [0.2, 0.25) is 0 Å². The molecule has 1 atom stereocenters. The number of amides is 2. The molecule has 1 aliphatic rings. The number of thiophene rings is 1. The predicted molar refractivity (Wildman–Crippen MR) is 133 cm³/mol. The zero-order chi connectivity index (χ0) is 24.9. The molecule has 1 unspecified atom stereocenters. The Morgan fingerprint density at radius 3 is 2.69 bits per heavy atom. The van der Waals surface area contributed by atoms with Gasteiger partial charge >= 0.3 is 6.03 Å². The fourth-order valence-corrected chi connectivity index (χ4v) is 4.64. The SMILES string of the molecule is COc1ccc(C2NC(=O)N(CCCOC(C)C)C(C)=C2c2nc(-c3cccs3)no2)cc1OC. The molecule has 3 aromatic rings. The quantitative estimate of drug-likeness (QED) is 0.387. The average molecular weight is 499 g/mol. The third kappa shape index (κ3) is 5.33. The Morgan fingerprint density at radius 1 is 1.20 bits per heavy atom. The molecule has 10 heteroatoms. The Kier molecular flexibility index (Phi) is 7.72. The zero-order valence-electron chi connectivity index (χ0n) is 20.5. The number of benzene rings is 1. The fraction of sp³-hybridized carbons (Fsp3) is 0.400. The van der Waals surface area contributed by atoms with E-state index in [-0.39, 0.29) is 12.1 Å². The molecule has 2 aromatic heterocycles. The minimum atomic E-state index is -0.512. The molecule has 0 radical (unpaired) electrons. The summed E-state index contributed by atoms with van der Waals surface area (Å²) in [5, 5.41) is 9.26. The van der Waals surface area contributed by atoms with E-state index in [4.69, 9.17) is 18.7 Å². The molecule has 0 saturated heterocycles. The molecule has 3 heterocycles. The molecule has 186 valence electrons. The number of methoxy groups -OCH3 is 2. The zero-order valence-corrected chi connectivity index (χ0v) is 21.3. The van der Waals surface area contributed by atoms with Crippen molar-refractivity contribution >= 4 is 22.9 Å². The topological polar surface area (TPSA) is 99.0 Å². The second kappa shape index (κ2) is 10.9. The van der Waals surface area contributed by atoms with Gasteiger partial charge in [-0.05, 0) is 56.3 Å². The number of ether oxygens (including phenoxy) is 3. The molecule has 9 nitrogen and oxygen atoms in total. The van der Waals surface area contributed by atoms with E-state index in [0.29, 0.717) is 42.8 Å². The lowest BCUT2D eigenvalue weighted by Gasteiger charge is -2.35. The van der Waals surface area contributed by atoms with E-state index in [0.717, 1.165) is 21.7 Å². The number of carbonyl (C=O) groups excluding carboxylic acids is 1. The van der Waals surface area contributed by atoms with Crippen LogP contribution in [0.3, 0.4) is 0 Å². The van der Waals surface area contributed by atoms with Gasteiger partial charge in [0.1, 0.15) is 0 Å². The summed E-state index contributed by atoms with van der Waals surface area (Å²) >= 11 is 1.53. The Hall–Kier alpha value is -3.37. The first-order valence-corrected chi connectivity index (χ1v) is 12.3. The summed E-state index contributed by atoms with van der Waals surface area (Å²) in [6.07, 6.45) is 0.836. The standard InChI is InChI=1S/C25H30N4O5S/c1-15(2)33-12-7-11-29-16(3)21(24-27-23(28-34-24)20-8-6-13-35-20)22(26-25(29)30)17-9-10-18(31-4)19(14-17)32-5/h6,8-10,13-15,22H,7,11-12H2,1-5H3,(H,26,30). The lowest BCUT2D eigenvalue weighted by atomic mass is 9.94. The largest absolute Gasteiger partial charge is 0.493 e. The molecule has 0 saturated carbocycles. The van der Waals surface area contributed by atoms with Crippen molar-refractivity contribution in [2.75, 3.05) is 27.4 Å². The van der Waals surface area contributed by atoms with E-state index in [9.17, 15) is 4.79 Å². The van der Waals surface area contributed by atoms with Crippen LogP contribution in [0.1, 0.15) is 44.7 Å². The molecule has 0 aliphatic carbocycles. The van der Waals surface area contributed by atoms with Gasteiger partial charge in [-0.1, -0.05) is 17.3 Å². The lowest BCUT2D eigenvalue weighted by molar-refractivity contribution is 0.0736. The summed E-state index contributed by atoms with van der Waals surface area (Å²) < 4.78 is 22.3. The summed E-state index contributed by atoms with van der Waals surface area (Å²) in [6.45, 7) is 6.95. The molecule has 1 N–H and O–H groups in total. The van der Waals surface area contributed by atoms with Crippen molar-refractivity contribution in [2.45, 2.75) is 39.3 Å². The second-order valence-corrected chi connectivity index (χ2v) is 9.27. The fourth-order valence-electron chi connectivity index (χ4n) is 3.99. The first kappa shape index (κ1) is 24.7. The number of nitrogens with zero attached hydrogens (tertiary/aromatic N) is 3. The van der Waals surface area contributed by atoms with Crippen molar-refractivity contribution in [3.8, 4) is 22.2 Å². The summed E-state index contributed by atoms with van der Waals surface area (Å²) in [5.74, 6) is 2.03. The molecule has 0 spiro atoms. The maximum atomic E-state index is 13.2. The van der Waals surface area contributed by atoms with Gasteiger partial charge in [-0.15, -0.1) is 11.3 Å². The molecule has 0 fully saturated rings. The van der Waals surface area contributed by atoms with Crippen molar-refractivity contribution < 1.29 is 23.5 Å². The van der Waals surface area contributed by atoms with Crippen molar-refractivity contribution in [1.82, 2.24) is 20.4 Å². The number of aromatic nitrogens is 2. The van der Waals surface area contributed by atoms with Gasteiger partial charge in [0.2, 0.25) is 5.82 Å². The normalized spacial score (nSPS) is 16.1. The third-order valence-corrected chi connectivity index (χ3v) is 6.58. The maximum Gasteiger partial charge on any atom is 0.322 e. The highest BCUT2D eigenvalue weighted by Crippen LogP contribution is 2.40. The molecule has 35 heavy (non-hydrogen) atoms. The Labute approximate surface area is 208 Å². The highest BCUT2D eigenvalue weighted by atomic mass is 32.1. The van der Waals surface area contributed by atoms with Crippen molar-refractivity contribution in [3.63, 3.8) is 0 Å². The van der Waals surface area contributed by atoms with Gasteiger partial charge in [0.15, 0.2) is 11.5 Å². The molecule has 4 rings (SSSR count). The van der Waals surface area contributed by atoms with E-state index in [2.05, 4.69) is 15.5 Å². The van der Waals surface area contributed by atoms with Crippen LogP contribution >= 0.6 is 11.3 Å². The summed E-state index contributed by atoms with van der Waals surface area (Å²) in [6, 6.07) is 8.72. The third-order valence-electron chi connectivity index (χ3n) is 5.71. The molecular weight excluding hydrogens is 468 g/mol. The van der Waals surface area contributed by atoms with Crippen LogP contribution in [0.25, 0.3) is 16.3 Å². The molecule has 1 aliphatic heterocycles. The number of urea groups is 1. The first-order valence-electron chi connectivity index (χ1n) is 11.4. The van der Waals surface area contributed by atoms with Crippen molar-refractivity contribution in [2.24, 2.45) is 0 Å². The van der Waals surface area contributed by atoms with Gasteiger partial charge in [-0.3, -0.25) is 4.90 Å². The predicted octanol–water partition coefficient (Wildman–Crippen LogP) is 5.13. The summed E-state index contributed by atoms with van der Waals surface area (Å²) in [7, 11) is 3.16. The van der Waals surface area contributed by atoms with Crippen LogP contribution in [-0.4, -0.2) is 54.5 Å². The minimum absolute atomic E-state index is 0.140. The number of rotatable bonds is 10. The van der Waals surface area contributed by atoms with E-state index < -0.39 is 6.04 Å². The van der Waals surface area contributed by atoms with Crippen molar-refractivity contribution in [1.29, 1.82) is 0 Å². The van der Waals surface area contributed by atoms with E-state index >= 15 is 0 Å². The van der Waals surface area contributed by atoms with Crippen LogP contribution in [0.4, 0.5) is 4.79 Å². The molecule has 0 bridgehead atoms. The van der Waals surface area contributed by atoms with Crippen LogP contribution in [0, 0.1) is 0 Å². The van der Waals surface area contributed by atoms with Gasteiger partial charge in [-0.2, -0.15) is 4.98 Å². The smallest absolute Gasteiger partial charge is 0.322 e. The number of hydrogen-bond donors (Lipinski definition) is 1. The Balaban J connectivity index is 1.73. The summed E-state index contributed by atoms with van der Waals surface area (Å²) in [4.78, 5) is 20.5. The summed E-state index contributed by atoms with van der Waals surface area (Å²) in [5.41, 5.74) is 2.29. The van der Waals surface area contributed by atoms with E-state index in [1.807, 2.05) is 56.5 Å². The lowest BCUT2D eigenvalue weighted by Crippen LogP contribution is -2.46. The van der Waals surface area contributed by atoms with Gasteiger partial charge in [0.25, 0.3) is 5.89 Å². The Bertz CT molecular complexity index is 1190.